The smallest absolute Gasteiger partial charge is 0.0458 e. The Labute approximate surface area is 125 Å². The van der Waals surface area contributed by atoms with Crippen molar-refractivity contribution in [2.24, 2.45) is 10.5 Å². The van der Waals surface area contributed by atoms with Crippen LogP contribution in [-0.4, -0.2) is 11.5 Å². The lowest BCUT2D eigenvalue weighted by Crippen LogP contribution is -2.28. The van der Waals surface area contributed by atoms with Gasteiger partial charge in [0.1, 0.15) is 0 Å². The van der Waals surface area contributed by atoms with Crippen molar-refractivity contribution in [3.8, 4) is 0 Å². The van der Waals surface area contributed by atoms with Crippen molar-refractivity contribution in [1.29, 1.82) is 0 Å². The molecule has 0 amide bonds. The zero-order chi connectivity index (χ0) is 14.7. The molecule has 0 spiro atoms. The summed E-state index contributed by atoms with van der Waals surface area (Å²) >= 11 is 0. The normalized spacial score (nSPS) is 21.0. The standard InChI is InChI=1S/C17H22N4/c1-2-17(9-5-11-19-21-18)10-8-16-14(12-17)13-6-3-4-7-15(13)20-16/h3-4,6-7,20H,2,5,8-12H2,1H3. The molecule has 4 nitrogen and oxygen atoms in total. The molecule has 1 aliphatic rings. The maximum absolute atomic E-state index is 8.40. The lowest BCUT2D eigenvalue weighted by Gasteiger charge is -2.37. The highest BCUT2D eigenvalue weighted by Crippen LogP contribution is 2.43. The second-order valence-electron chi connectivity index (χ2n) is 6.22. The third kappa shape index (κ3) is 2.64. The van der Waals surface area contributed by atoms with Gasteiger partial charge in [-0.15, -0.1) is 0 Å². The van der Waals surface area contributed by atoms with E-state index in [0.717, 1.165) is 25.7 Å². The van der Waals surface area contributed by atoms with E-state index in [1.54, 1.807) is 0 Å². The molecule has 21 heavy (non-hydrogen) atoms. The van der Waals surface area contributed by atoms with Crippen LogP contribution in [0, 0.1) is 5.41 Å². The number of nitrogens with one attached hydrogen (secondary N) is 1. The second-order valence-corrected chi connectivity index (χ2v) is 6.22. The van der Waals surface area contributed by atoms with Crippen molar-refractivity contribution in [2.75, 3.05) is 6.54 Å². The van der Waals surface area contributed by atoms with Gasteiger partial charge in [-0.05, 0) is 54.7 Å². The number of nitrogens with zero attached hydrogens (tertiary/aromatic N) is 3. The Morgan fingerprint density at radius 3 is 3.05 bits per heavy atom. The van der Waals surface area contributed by atoms with Crippen LogP contribution in [0.2, 0.25) is 0 Å². The third-order valence-corrected chi connectivity index (χ3v) is 5.14. The molecule has 1 aliphatic carbocycles. The predicted octanol–water partition coefficient (Wildman–Crippen LogP) is 5.14. The number of benzene rings is 1. The number of fused-ring (bicyclic) bond motifs is 3. The topological polar surface area (TPSA) is 64.6 Å². The predicted molar refractivity (Wildman–Crippen MR) is 86.3 cm³/mol. The van der Waals surface area contributed by atoms with Gasteiger partial charge in [0.2, 0.25) is 0 Å². The number of hydrogen-bond acceptors (Lipinski definition) is 1. The Hall–Kier alpha value is -1.93. The molecular formula is C17H22N4. The third-order valence-electron chi connectivity index (χ3n) is 5.14. The summed E-state index contributed by atoms with van der Waals surface area (Å²) in [6.45, 7) is 2.92. The van der Waals surface area contributed by atoms with Crippen molar-refractivity contribution >= 4 is 10.9 Å². The van der Waals surface area contributed by atoms with Gasteiger partial charge in [0.25, 0.3) is 0 Å². The Kier molecular flexibility index (Phi) is 3.89. The van der Waals surface area contributed by atoms with Gasteiger partial charge < -0.3 is 4.98 Å². The fourth-order valence-corrected chi connectivity index (χ4v) is 3.79. The van der Waals surface area contributed by atoms with E-state index >= 15 is 0 Å². The van der Waals surface area contributed by atoms with Crippen LogP contribution in [0.15, 0.2) is 29.4 Å². The van der Waals surface area contributed by atoms with Crippen LogP contribution in [0.1, 0.15) is 43.9 Å². The fourth-order valence-electron chi connectivity index (χ4n) is 3.79. The summed E-state index contributed by atoms with van der Waals surface area (Å²) in [6.07, 6.45) is 6.87. The number of aromatic amines is 1. The summed E-state index contributed by atoms with van der Waals surface area (Å²) in [6, 6.07) is 8.62. The Bertz CT molecular complexity index is 681. The lowest BCUT2D eigenvalue weighted by molar-refractivity contribution is 0.210. The van der Waals surface area contributed by atoms with Gasteiger partial charge in [0.15, 0.2) is 0 Å². The first-order valence-electron chi connectivity index (χ1n) is 7.87. The number of para-hydroxylation sites is 1. The maximum Gasteiger partial charge on any atom is 0.0458 e. The molecule has 1 N–H and O–H groups in total. The first-order valence-corrected chi connectivity index (χ1v) is 7.87. The minimum atomic E-state index is 0.378. The summed E-state index contributed by atoms with van der Waals surface area (Å²) < 4.78 is 0. The van der Waals surface area contributed by atoms with E-state index in [9.17, 15) is 0 Å². The molecule has 1 atom stereocenters. The molecule has 0 saturated heterocycles. The summed E-state index contributed by atoms with van der Waals surface area (Å²) in [5.41, 5.74) is 13.0. The van der Waals surface area contributed by atoms with Crippen LogP contribution < -0.4 is 0 Å². The highest BCUT2D eigenvalue weighted by atomic mass is 15.1. The molecule has 4 heteroatoms. The number of azide groups is 1. The highest BCUT2D eigenvalue weighted by molar-refractivity contribution is 5.84. The molecule has 0 saturated carbocycles. The Morgan fingerprint density at radius 2 is 2.24 bits per heavy atom. The summed E-state index contributed by atoms with van der Waals surface area (Å²) in [5.74, 6) is 0. The van der Waals surface area contributed by atoms with E-state index in [2.05, 4.69) is 46.2 Å². The van der Waals surface area contributed by atoms with Gasteiger partial charge in [-0.3, -0.25) is 0 Å². The van der Waals surface area contributed by atoms with Crippen molar-refractivity contribution in [3.63, 3.8) is 0 Å². The van der Waals surface area contributed by atoms with E-state index in [1.165, 1.54) is 35.0 Å². The van der Waals surface area contributed by atoms with E-state index in [4.69, 9.17) is 5.53 Å². The molecule has 1 aromatic carbocycles. The van der Waals surface area contributed by atoms with Gasteiger partial charge >= 0.3 is 0 Å². The van der Waals surface area contributed by atoms with Crippen LogP contribution in [0.5, 0.6) is 0 Å². The minimum Gasteiger partial charge on any atom is -0.358 e. The molecule has 2 aromatic rings. The quantitative estimate of drug-likeness (QED) is 0.341. The molecule has 0 radical (unpaired) electrons. The van der Waals surface area contributed by atoms with Gasteiger partial charge in [-0.2, -0.15) is 0 Å². The highest BCUT2D eigenvalue weighted by Gasteiger charge is 2.33. The van der Waals surface area contributed by atoms with Gasteiger partial charge in [0.05, 0.1) is 0 Å². The van der Waals surface area contributed by atoms with Crippen molar-refractivity contribution in [3.05, 3.63) is 46.0 Å². The van der Waals surface area contributed by atoms with Crippen LogP contribution in [-0.2, 0) is 12.8 Å². The summed E-state index contributed by atoms with van der Waals surface area (Å²) in [5, 5.41) is 5.07. The summed E-state index contributed by atoms with van der Waals surface area (Å²) in [4.78, 5) is 6.44. The number of hydrogen-bond donors (Lipinski definition) is 1. The van der Waals surface area contributed by atoms with E-state index in [0.29, 0.717) is 12.0 Å². The molecular weight excluding hydrogens is 260 g/mol. The minimum absolute atomic E-state index is 0.378. The van der Waals surface area contributed by atoms with Crippen LogP contribution in [0.4, 0.5) is 0 Å². The largest absolute Gasteiger partial charge is 0.358 e. The van der Waals surface area contributed by atoms with E-state index in [-0.39, 0.29) is 0 Å². The fraction of sp³-hybridized carbons (Fsp3) is 0.529. The molecule has 0 aliphatic heterocycles. The number of rotatable bonds is 5. The zero-order valence-electron chi connectivity index (χ0n) is 12.6. The molecule has 3 rings (SSSR count). The van der Waals surface area contributed by atoms with Gasteiger partial charge in [0, 0.05) is 28.1 Å². The SMILES string of the molecule is CCC1(CCCN=[N+]=[N-])CCc2[nH]c3ccccc3c2C1. The Balaban J connectivity index is 1.85. The van der Waals surface area contributed by atoms with E-state index < -0.39 is 0 Å². The number of H-pyrrole nitrogens is 1. The van der Waals surface area contributed by atoms with Crippen molar-refractivity contribution < 1.29 is 0 Å². The first-order chi connectivity index (χ1) is 10.3. The monoisotopic (exact) mass is 282 g/mol. The van der Waals surface area contributed by atoms with Crippen LogP contribution in [0.3, 0.4) is 0 Å². The molecule has 1 heterocycles. The molecule has 1 unspecified atom stereocenters. The van der Waals surface area contributed by atoms with Crippen molar-refractivity contribution in [2.45, 2.75) is 45.4 Å². The molecule has 0 fully saturated rings. The summed E-state index contributed by atoms with van der Waals surface area (Å²) in [7, 11) is 0. The lowest BCUT2D eigenvalue weighted by atomic mass is 9.68. The zero-order valence-corrected chi connectivity index (χ0v) is 12.6. The van der Waals surface area contributed by atoms with Gasteiger partial charge in [-0.25, -0.2) is 0 Å². The van der Waals surface area contributed by atoms with Crippen molar-refractivity contribution in [1.82, 2.24) is 4.98 Å². The first kappa shape index (κ1) is 14.0. The maximum atomic E-state index is 8.40. The van der Waals surface area contributed by atoms with Gasteiger partial charge in [-0.1, -0.05) is 36.7 Å². The van der Waals surface area contributed by atoms with Crippen LogP contribution in [0.25, 0.3) is 21.3 Å². The van der Waals surface area contributed by atoms with Crippen LogP contribution >= 0.6 is 0 Å². The average Bonchev–Trinajstić information content (AvgIpc) is 2.89. The number of aryl methyl sites for hydroxylation is 1. The number of aromatic nitrogens is 1. The molecule has 1 aromatic heterocycles. The molecule has 0 bridgehead atoms. The second kappa shape index (κ2) is 5.82. The van der Waals surface area contributed by atoms with E-state index in [1.807, 2.05) is 0 Å². The Morgan fingerprint density at radius 1 is 1.38 bits per heavy atom. The molecule has 110 valence electrons. The average molecular weight is 282 g/mol.